The van der Waals surface area contributed by atoms with Gasteiger partial charge in [0.25, 0.3) is 29.4 Å². The second kappa shape index (κ2) is 39.5. The van der Waals surface area contributed by atoms with E-state index in [0.29, 0.717) is 168 Å². The minimum atomic E-state index is -4.92. The highest BCUT2D eigenvalue weighted by molar-refractivity contribution is 6.00. The monoisotopic (exact) mass is 1900 g/mol. The van der Waals surface area contributed by atoms with Gasteiger partial charge in [0.1, 0.15) is 29.0 Å². The molecule has 4 aromatic carbocycles. The summed E-state index contributed by atoms with van der Waals surface area (Å²) in [7, 11) is 7.56. The summed E-state index contributed by atoms with van der Waals surface area (Å²) in [6.07, 6.45) is -8.06. The van der Waals surface area contributed by atoms with E-state index in [4.69, 9.17) is 18.9 Å². The van der Waals surface area contributed by atoms with Gasteiger partial charge in [0.2, 0.25) is 0 Å². The van der Waals surface area contributed by atoms with E-state index in [1.54, 1.807) is 91.1 Å². The molecule has 4 fully saturated rings. The summed E-state index contributed by atoms with van der Waals surface area (Å²) in [6.45, 7) is 36.3. The number of aryl methyl sites for hydroxylation is 3. The van der Waals surface area contributed by atoms with Gasteiger partial charge in [0.15, 0.2) is 17.3 Å². The van der Waals surface area contributed by atoms with E-state index in [-0.39, 0.29) is 81.4 Å². The van der Waals surface area contributed by atoms with Crippen molar-refractivity contribution in [1.82, 2.24) is 57.9 Å². The van der Waals surface area contributed by atoms with Crippen molar-refractivity contribution in [2.45, 2.75) is 252 Å². The second-order valence-electron chi connectivity index (χ2n) is 39.9. The summed E-state index contributed by atoms with van der Waals surface area (Å²) in [6, 6.07) is 34.0. The lowest BCUT2D eigenvalue weighted by atomic mass is 9.80. The molecular weight excluding hydrogens is 1770 g/mol. The highest BCUT2D eigenvalue weighted by Gasteiger charge is 2.54. The largest absolute Gasteiger partial charge is 0.493 e. The number of methoxy groups -OCH3 is 1. The van der Waals surface area contributed by atoms with Gasteiger partial charge in [-0.3, -0.25) is 43.5 Å². The number of likely N-dealkylation sites (N-methyl/N-ethyl adjacent to an activating group) is 3. The lowest BCUT2D eigenvalue weighted by Gasteiger charge is -2.50. The highest BCUT2D eigenvalue weighted by atomic mass is 19.4. The summed E-state index contributed by atoms with van der Waals surface area (Å²) in [4.78, 5) is 91.8. The number of nitriles is 1. The third-order valence-electron chi connectivity index (χ3n) is 28.9. The van der Waals surface area contributed by atoms with E-state index in [1.165, 1.54) is 31.5 Å². The van der Waals surface area contributed by atoms with Gasteiger partial charge in [0, 0.05) is 153 Å². The predicted octanol–water partition coefficient (Wildman–Crippen LogP) is 19.0. The fourth-order valence-electron chi connectivity index (χ4n) is 21.2. The molecule has 0 saturated carbocycles. The number of nitrogens with zero attached hydrogens (tertiary/aromatic N) is 12. The van der Waals surface area contributed by atoms with Crippen molar-refractivity contribution in [3.05, 3.63) is 211 Å². The Labute approximate surface area is 795 Å². The minimum Gasteiger partial charge on any atom is -0.493 e. The predicted molar refractivity (Wildman–Crippen MR) is 505 cm³/mol. The number of nitrogens with one attached hydrogen (secondary N) is 1. The zero-order chi connectivity index (χ0) is 99.4. The molecule has 0 bridgehead atoms. The Balaban J connectivity index is 0.000000190. The van der Waals surface area contributed by atoms with Gasteiger partial charge in [-0.15, -0.1) is 0 Å². The smallest absolute Gasteiger partial charge is 0.456 e. The number of halogens is 9. The molecule has 8 aliphatic heterocycles. The van der Waals surface area contributed by atoms with Crippen molar-refractivity contribution in [1.29, 1.82) is 5.26 Å². The SMILES string of the molecule is CC[C@H](C)Oc1ccc(C(=O)N2CCC3(CC2)c2ccc(C(F)(F)F)n2CCN3C)cc1OC.Cc1cc(C(=O)N2CCC3(CC2)NCC(C)n2c(C(=O)C(F)(F)F)ccc23)ccc1OC(C)C.Cc1cc(C(=O)N2CCC3(CC2)c2c(C#N)cc(C(F)(F)F)n2CCN3C)ccc1OC(C)C.Cc1cc(C(=O)N2CCC3(CC2)c2ccc(C(=O)C(C)(C)C)n2CCN3C)ccc1C(C)(C)O.[HH].[HH].[HH]. The first-order valence-corrected chi connectivity index (χ1v) is 47.1. The van der Waals surface area contributed by atoms with Crippen molar-refractivity contribution in [2.24, 2.45) is 5.41 Å². The van der Waals surface area contributed by atoms with E-state index in [2.05, 4.69) is 32.8 Å². The van der Waals surface area contributed by atoms with Crippen LogP contribution in [0, 0.1) is 37.5 Å². The Hall–Kier alpha value is -10.9. The lowest BCUT2D eigenvalue weighted by molar-refractivity contribution is -0.145. The Morgan fingerprint density at radius 1 is 0.471 bits per heavy atom. The number of amides is 4. The molecule has 24 nitrogen and oxygen atoms in total. The van der Waals surface area contributed by atoms with Crippen LogP contribution >= 0.6 is 0 Å². The normalized spacial score (nSPS) is 19.0. The maximum absolute atomic E-state index is 13.7. The molecule has 4 saturated heterocycles. The van der Waals surface area contributed by atoms with Crippen LogP contribution < -0.4 is 24.3 Å². The van der Waals surface area contributed by atoms with Crippen LogP contribution in [0.2, 0.25) is 0 Å². The van der Waals surface area contributed by atoms with Gasteiger partial charge in [-0.1, -0.05) is 33.8 Å². The molecule has 1 unspecified atom stereocenters. The van der Waals surface area contributed by atoms with Crippen molar-refractivity contribution in [3.63, 3.8) is 0 Å². The average Bonchev–Trinajstić information content (AvgIpc) is 1.62. The number of carbonyl (C=O) groups is 6. The van der Waals surface area contributed by atoms with E-state index < -0.39 is 63.3 Å². The van der Waals surface area contributed by atoms with E-state index in [9.17, 15) is 78.6 Å². The number of aliphatic hydroxyl groups is 1. The van der Waals surface area contributed by atoms with Gasteiger partial charge in [-0.25, -0.2) is 0 Å². The van der Waals surface area contributed by atoms with Crippen molar-refractivity contribution >= 4 is 35.2 Å². The highest BCUT2D eigenvalue weighted by Crippen LogP contribution is 2.50. The number of ketones is 2. The van der Waals surface area contributed by atoms with Gasteiger partial charge < -0.3 is 67.2 Å². The first kappa shape index (κ1) is 102. The number of rotatable bonds is 15. The van der Waals surface area contributed by atoms with Gasteiger partial charge in [-0.05, 0) is 287 Å². The molecule has 0 radical (unpaired) electrons. The molecule has 8 aliphatic rings. The summed E-state index contributed by atoms with van der Waals surface area (Å²) in [5.74, 6) is 0.659. The maximum atomic E-state index is 13.7. The fraction of sp³-hybridized carbons (Fsp3) is 0.544. The second-order valence-corrected chi connectivity index (χ2v) is 39.9. The van der Waals surface area contributed by atoms with E-state index in [0.717, 1.165) is 77.9 Å². The number of Topliss-reactive ketones (excluding diaryl/α,β-unsaturated/α-hetero) is 2. The molecule has 4 amide bonds. The summed E-state index contributed by atoms with van der Waals surface area (Å²) >= 11 is 0. The van der Waals surface area contributed by atoms with Crippen LogP contribution in [-0.2, 0) is 59.7 Å². The third-order valence-corrected chi connectivity index (χ3v) is 28.9. The number of ether oxygens (including phenoxy) is 4. The topological polar surface area (TPSA) is 238 Å². The van der Waals surface area contributed by atoms with Crippen LogP contribution in [0.1, 0.15) is 276 Å². The molecule has 0 aliphatic carbocycles. The summed E-state index contributed by atoms with van der Waals surface area (Å²) < 4.78 is 150. The summed E-state index contributed by atoms with van der Waals surface area (Å²) in [5.41, 5.74) is 4.68. The zero-order valence-electron chi connectivity index (χ0n) is 81.5. The molecule has 8 aromatic rings. The third kappa shape index (κ3) is 20.5. The van der Waals surface area contributed by atoms with Crippen LogP contribution in [0.3, 0.4) is 0 Å². The Bertz CT molecular complexity index is 5810. The number of alkyl halides is 9. The molecule has 136 heavy (non-hydrogen) atoms. The fourth-order valence-corrected chi connectivity index (χ4v) is 21.2. The number of carbonyl (C=O) groups excluding carboxylic acids is 6. The van der Waals surface area contributed by atoms with Crippen LogP contribution in [0.15, 0.2) is 115 Å². The first-order chi connectivity index (χ1) is 63.8. The molecule has 4 aromatic heterocycles. The molecule has 33 heteroatoms. The first-order valence-electron chi connectivity index (χ1n) is 47.1. The Kier molecular flexibility index (Phi) is 29.8. The molecule has 16 rings (SSSR count). The molecule has 2 N–H and O–H groups in total. The Morgan fingerprint density at radius 3 is 1.30 bits per heavy atom. The standard InChI is InChI=1S/C28H39N3O3.C25H29F3N4O2.C25H30F3N3O3.C25H32F3N3O3.3H2/c1-19-18-20(8-9-21(19)27(5,6)34)25(33)30-14-12-28(13-15-30)23-11-10-22(24(32)26(2,3)4)31(23)17-16-29(28)7;1-16(2)34-20-6-5-18(13-17(20)3)23(33)31-9-7-24(8-10-31)22-19(15-29)14-21(25(26,27)28)32(22)12-11-30(24)4;1-15(2)34-20-7-5-18(13-16(20)3)23(33)30-11-9-24(10-12-30)21-8-6-19(22(32)25(26,27)28)31(21)17(4)14-29-24;1-5-17(2)34-19-7-6-18(16-20(19)33-4)23(32)30-12-10-24(11-13-30)21-8-9-22(25(26,27)28)31(21)15-14-29(24)3;;;/h8-11,18,34H,12-17H2,1-7H3;5-6,13-14,16H,7-12H2,1-4H3;5-8,13,15,17,29H,9-12,14H2,1-4H3;6-9,16-17H,5,10-15H2,1-4H3;3*1H/t;;;17-;;;/m...0.../s1. The van der Waals surface area contributed by atoms with Crippen molar-refractivity contribution in [3.8, 4) is 29.1 Å². The quantitative estimate of drug-likeness (QED) is 0.0716. The molecule has 2 atom stereocenters. The van der Waals surface area contributed by atoms with E-state index >= 15 is 0 Å². The van der Waals surface area contributed by atoms with Crippen LogP contribution in [0.5, 0.6) is 23.0 Å². The number of likely N-dealkylation sites (tertiary alicyclic amines) is 4. The molecular formula is C103H136F9N13O11. The van der Waals surface area contributed by atoms with E-state index in [1.807, 2.05) is 156 Å². The number of benzene rings is 4. The molecule has 4 spiro atoms. The number of aromatic nitrogens is 4. The van der Waals surface area contributed by atoms with Gasteiger partial charge in [0.05, 0.1) is 75.8 Å². The molecule has 12 heterocycles. The minimum absolute atomic E-state index is 0. The molecule has 742 valence electrons. The number of piperidine rings is 4. The van der Waals surface area contributed by atoms with Crippen LogP contribution in [0.4, 0.5) is 39.5 Å². The average molecular weight is 1900 g/mol. The van der Waals surface area contributed by atoms with Gasteiger partial charge >= 0.3 is 18.5 Å². The van der Waals surface area contributed by atoms with Crippen LogP contribution in [-0.4, -0.2) is 224 Å². The number of fused-ring (bicyclic) bond motifs is 8. The van der Waals surface area contributed by atoms with Crippen LogP contribution in [0.25, 0.3) is 0 Å². The maximum Gasteiger partial charge on any atom is 0.456 e. The number of hydrogen-bond acceptors (Lipinski definition) is 16. The zero-order valence-corrected chi connectivity index (χ0v) is 81.5. The van der Waals surface area contributed by atoms with Gasteiger partial charge in [-0.2, -0.15) is 44.8 Å². The van der Waals surface area contributed by atoms with Crippen molar-refractivity contribution in [2.75, 3.05) is 107 Å². The van der Waals surface area contributed by atoms with Crippen molar-refractivity contribution < 1.29 is 96.6 Å². The Morgan fingerprint density at radius 2 is 0.875 bits per heavy atom. The lowest BCUT2D eigenvalue weighted by Crippen LogP contribution is -2.57. The number of hydrogen-bond donors (Lipinski definition) is 2. The summed E-state index contributed by atoms with van der Waals surface area (Å²) in [5, 5.41) is 23.5.